The van der Waals surface area contributed by atoms with E-state index in [-0.39, 0.29) is 0 Å². The van der Waals surface area contributed by atoms with Crippen LogP contribution in [0.25, 0.3) is 0 Å². The third-order valence-corrected chi connectivity index (χ3v) is 3.77. The largest absolute Gasteiger partial charge is 0.474 e. The van der Waals surface area contributed by atoms with Crippen molar-refractivity contribution in [3.8, 4) is 5.88 Å². The maximum Gasteiger partial charge on any atom is 0.213 e. The minimum absolute atomic E-state index is 0.365. The molecule has 0 aliphatic heterocycles. The summed E-state index contributed by atoms with van der Waals surface area (Å²) in [6.07, 6.45) is 9.87. The molecular formula is C17H28N2O. The molecule has 0 unspecified atom stereocenters. The van der Waals surface area contributed by atoms with Crippen LogP contribution >= 0.6 is 0 Å². The van der Waals surface area contributed by atoms with Crippen molar-refractivity contribution >= 4 is 0 Å². The van der Waals surface area contributed by atoms with Gasteiger partial charge in [-0.25, -0.2) is 4.98 Å². The Balaban J connectivity index is 1.84. The first-order valence-electron chi connectivity index (χ1n) is 8.06. The van der Waals surface area contributed by atoms with Crippen LogP contribution in [-0.4, -0.2) is 17.6 Å². The van der Waals surface area contributed by atoms with Gasteiger partial charge in [0.2, 0.25) is 5.88 Å². The van der Waals surface area contributed by atoms with E-state index in [1.807, 2.05) is 6.20 Å². The summed E-state index contributed by atoms with van der Waals surface area (Å²) in [6.45, 7) is 6.38. The topological polar surface area (TPSA) is 34.2 Å². The van der Waals surface area contributed by atoms with Crippen LogP contribution in [0, 0.1) is 5.92 Å². The van der Waals surface area contributed by atoms with E-state index in [0.717, 1.165) is 19.0 Å². The number of hydrogen-bond acceptors (Lipinski definition) is 3. The van der Waals surface area contributed by atoms with Gasteiger partial charge in [0.05, 0.1) is 0 Å². The van der Waals surface area contributed by atoms with Crippen LogP contribution in [-0.2, 0) is 6.54 Å². The molecule has 112 valence electrons. The van der Waals surface area contributed by atoms with Gasteiger partial charge in [0.15, 0.2) is 0 Å². The number of rotatable bonds is 6. The Bertz CT molecular complexity index is 384. The van der Waals surface area contributed by atoms with Crippen LogP contribution in [0.15, 0.2) is 18.3 Å². The van der Waals surface area contributed by atoms with Gasteiger partial charge >= 0.3 is 0 Å². The van der Waals surface area contributed by atoms with Gasteiger partial charge in [-0.3, -0.25) is 0 Å². The van der Waals surface area contributed by atoms with Crippen molar-refractivity contribution in [1.29, 1.82) is 0 Å². The molecule has 1 aromatic rings. The molecule has 1 aliphatic rings. The first-order chi connectivity index (χ1) is 9.74. The average Bonchev–Trinajstić information content (AvgIpc) is 2.67. The van der Waals surface area contributed by atoms with E-state index in [1.54, 1.807) is 0 Å². The maximum atomic E-state index is 6.06. The predicted octanol–water partition coefficient (Wildman–Crippen LogP) is 3.93. The lowest BCUT2D eigenvalue weighted by Gasteiger charge is -2.16. The highest BCUT2D eigenvalue weighted by Crippen LogP contribution is 2.22. The molecule has 0 bridgehead atoms. The molecule has 1 aromatic heterocycles. The van der Waals surface area contributed by atoms with E-state index in [1.165, 1.54) is 44.1 Å². The zero-order chi connectivity index (χ0) is 14.2. The lowest BCUT2D eigenvalue weighted by Crippen LogP contribution is -2.19. The SMILES string of the molecule is CC(C)CNCc1ccnc(OC2CCCCCC2)c1. The molecule has 3 heteroatoms. The van der Waals surface area contributed by atoms with E-state index in [4.69, 9.17) is 4.74 Å². The normalized spacial score (nSPS) is 17.1. The van der Waals surface area contributed by atoms with Gasteiger partial charge in [-0.2, -0.15) is 0 Å². The summed E-state index contributed by atoms with van der Waals surface area (Å²) < 4.78 is 6.06. The third kappa shape index (κ3) is 5.49. The Labute approximate surface area is 123 Å². The third-order valence-electron chi connectivity index (χ3n) is 3.77. The number of aromatic nitrogens is 1. The van der Waals surface area contributed by atoms with Crippen LogP contribution in [0.1, 0.15) is 57.9 Å². The fraction of sp³-hybridized carbons (Fsp3) is 0.706. The molecule has 1 aliphatic carbocycles. The van der Waals surface area contributed by atoms with E-state index in [0.29, 0.717) is 12.0 Å². The van der Waals surface area contributed by atoms with Crippen molar-refractivity contribution in [2.75, 3.05) is 6.54 Å². The zero-order valence-electron chi connectivity index (χ0n) is 12.9. The second-order valence-corrected chi connectivity index (χ2v) is 6.26. The Morgan fingerprint density at radius 2 is 2.00 bits per heavy atom. The molecule has 1 N–H and O–H groups in total. The smallest absolute Gasteiger partial charge is 0.213 e. The lowest BCUT2D eigenvalue weighted by molar-refractivity contribution is 0.176. The van der Waals surface area contributed by atoms with Gasteiger partial charge in [0.25, 0.3) is 0 Å². The molecule has 20 heavy (non-hydrogen) atoms. The summed E-state index contributed by atoms with van der Waals surface area (Å²) in [7, 11) is 0. The summed E-state index contributed by atoms with van der Waals surface area (Å²) in [5.74, 6) is 1.47. The highest BCUT2D eigenvalue weighted by molar-refractivity contribution is 5.20. The molecule has 0 radical (unpaired) electrons. The van der Waals surface area contributed by atoms with Crippen molar-refractivity contribution in [2.24, 2.45) is 5.92 Å². The van der Waals surface area contributed by atoms with Crippen molar-refractivity contribution < 1.29 is 4.74 Å². The number of ether oxygens (including phenoxy) is 1. The monoisotopic (exact) mass is 276 g/mol. The molecule has 0 aromatic carbocycles. The minimum Gasteiger partial charge on any atom is -0.474 e. The summed E-state index contributed by atoms with van der Waals surface area (Å²) in [5.41, 5.74) is 1.25. The number of pyridine rings is 1. The van der Waals surface area contributed by atoms with E-state index < -0.39 is 0 Å². The molecule has 0 spiro atoms. The number of hydrogen-bond donors (Lipinski definition) is 1. The molecule has 1 heterocycles. The minimum atomic E-state index is 0.365. The quantitative estimate of drug-likeness (QED) is 0.799. The Hall–Kier alpha value is -1.09. The van der Waals surface area contributed by atoms with Gasteiger partial charge in [0, 0.05) is 18.8 Å². The van der Waals surface area contributed by atoms with Gasteiger partial charge in [-0.1, -0.05) is 26.7 Å². The number of nitrogens with one attached hydrogen (secondary N) is 1. The van der Waals surface area contributed by atoms with Gasteiger partial charge < -0.3 is 10.1 Å². The summed E-state index contributed by atoms with van der Waals surface area (Å²) in [5, 5.41) is 3.46. The van der Waals surface area contributed by atoms with Gasteiger partial charge in [-0.15, -0.1) is 0 Å². The summed E-state index contributed by atoms with van der Waals surface area (Å²) in [6, 6.07) is 4.14. The lowest BCUT2D eigenvalue weighted by atomic mass is 10.1. The Morgan fingerprint density at radius 1 is 1.25 bits per heavy atom. The van der Waals surface area contributed by atoms with Crippen LogP contribution in [0.4, 0.5) is 0 Å². The highest BCUT2D eigenvalue weighted by atomic mass is 16.5. The molecule has 1 saturated carbocycles. The van der Waals surface area contributed by atoms with Crippen molar-refractivity contribution in [1.82, 2.24) is 10.3 Å². The standard InChI is InChI=1S/C17H28N2O/c1-14(2)12-18-13-15-9-10-19-17(11-15)20-16-7-5-3-4-6-8-16/h9-11,14,16,18H,3-8,12-13H2,1-2H3. The molecule has 3 nitrogen and oxygen atoms in total. The molecular weight excluding hydrogens is 248 g/mol. The van der Waals surface area contributed by atoms with Crippen LogP contribution in [0.5, 0.6) is 5.88 Å². The highest BCUT2D eigenvalue weighted by Gasteiger charge is 2.14. The maximum absolute atomic E-state index is 6.06. The number of nitrogens with zero attached hydrogens (tertiary/aromatic N) is 1. The molecule has 0 atom stereocenters. The van der Waals surface area contributed by atoms with E-state index >= 15 is 0 Å². The van der Waals surface area contributed by atoms with Gasteiger partial charge in [0.1, 0.15) is 6.10 Å². The fourth-order valence-corrected chi connectivity index (χ4v) is 2.66. The predicted molar refractivity (Wildman–Crippen MR) is 82.9 cm³/mol. The summed E-state index contributed by atoms with van der Waals surface area (Å²) >= 11 is 0. The van der Waals surface area contributed by atoms with Crippen molar-refractivity contribution in [3.05, 3.63) is 23.9 Å². The summed E-state index contributed by atoms with van der Waals surface area (Å²) in [4.78, 5) is 4.36. The second kappa shape index (κ2) is 8.25. The van der Waals surface area contributed by atoms with Crippen molar-refractivity contribution in [2.45, 2.75) is 65.0 Å². The molecule has 2 rings (SSSR count). The zero-order valence-corrected chi connectivity index (χ0v) is 12.9. The first kappa shape index (κ1) is 15.3. The Morgan fingerprint density at radius 3 is 2.70 bits per heavy atom. The van der Waals surface area contributed by atoms with Crippen LogP contribution in [0.3, 0.4) is 0 Å². The van der Waals surface area contributed by atoms with E-state index in [2.05, 4.69) is 36.3 Å². The molecule has 0 saturated heterocycles. The Kier molecular flexibility index (Phi) is 6.31. The molecule has 0 amide bonds. The van der Waals surface area contributed by atoms with Crippen LogP contribution < -0.4 is 10.1 Å². The first-order valence-corrected chi connectivity index (χ1v) is 8.06. The fourth-order valence-electron chi connectivity index (χ4n) is 2.66. The van der Waals surface area contributed by atoms with Crippen LogP contribution in [0.2, 0.25) is 0 Å². The molecule has 1 fully saturated rings. The van der Waals surface area contributed by atoms with Crippen molar-refractivity contribution in [3.63, 3.8) is 0 Å². The average molecular weight is 276 g/mol. The van der Waals surface area contributed by atoms with Gasteiger partial charge in [-0.05, 0) is 49.8 Å². The van der Waals surface area contributed by atoms with E-state index in [9.17, 15) is 0 Å². The second-order valence-electron chi connectivity index (χ2n) is 6.26.